The number of halogens is 2. The van der Waals surface area contributed by atoms with Crippen LogP contribution in [0.5, 0.6) is 5.75 Å². The topological polar surface area (TPSA) is 156 Å². The summed E-state index contributed by atoms with van der Waals surface area (Å²) >= 11 is 0. The Morgan fingerprint density at radius 1 is 1.10 bits per heavy atom. The summed E-state index contributed by atoms with van der Waals surface area (Å²) in [7, 11) is -4.19. The number of benzene rings is 2. The summed E-state index contributed by atoms with van der Waals surface area (Å²) < 4.78 is 61.2. The zero-order valence-electron chi connectivity index (χ0n) is 21.5. The van der Waals surface area contributed by atoms with Crippen LogP contribution in [-0.4, -0.2) is 60.9 Å². The first-order valence-corrected chi connectivity index (χ1v) is 14.5. The molecule has 1 aliphatic heterocycles. The van der Waals surface area contributed by atoms with E-state index in [-0.39, 0.29) is 18.0 Å². The standard InChI is InChI=1S/C27H29F2N3O7S/c28-19-12-22-21(11-18(19)24(35)31-27-8-5-26(29,6-9-27)7-10-27)32(25(36)20(30)15-40(22,37)38)13-16-1-3-17(4-2-16)39-14-23(33)34/h1-4,11-12,20H,5-10,13-15,30H2,(H,31,35)(H,33,34)/t20-,26?,27?/m0/s1. The Labute approximate surface area is 229 Å². The molecular weight excluding hydrogens is 548 g/mol. The minimum Gasteiger partial charge on any atom is -0.482 e. The van der Waals surface area contributed by atoms with Gasteiger partial charge in [0, 0.05) is 5.54 Å². The number of alkyl halides is 1. The third kappa shape index (κ3) is 5.39. The monoisotopic (exact) mass is 577 g/mol. The van der Waals surface area contributed by atoms with Gasteiger partial charge in [-0.15, -0.1) is 0 Å². The van der Waals surface area contributed by atoms with Gasteiger partial charge in [-0.1, -0.05) is 12.1 Å². The largest absolute Gasteiger partial charge is 0.482 e. The Morgan fingerprint density at radius 2 is 1.73 bits per heavy atom. The van der Waals surface area contributed by atoms with Crippen LogP contribution in [0.4, 0.5) is 14.5 Å². The van der Waals surface area contributed by atoms with Crippen LogP contribution in [-0.2, 0) is 26.0 Å². The smallest absolute Gasteiger partial charge is 0.341 e. The van der Waals surface area contributed by atoms with Gasteiger partial charge in [0.05, 0.1) is 34.5 Å². The number of nitrogens with zero attached hydrogens (tertiary/aromatic N) is 1. The summed E-state index contributed by atoms with van der Waals surface area (Å²) in [4.78, 5) is 38.0. The number of ether oxygens (including phenoxy) is 1. The fraction of sp³-hybridized carbons (Fsp3) is 0.444. The molecule has 10 nitrogen and oxygen atoms in total. The van der Waals surface area contributed by atoms with Crippen molar-refractivity contribution in [3.05, 3.63) is 53.3 Å². The quantitative estimate of drug-likeness (QED) is 0.453. The number of carboxylic acids is 1. The van der Waals surface area contributed by atoms with E-state index in [1.807, 2.05) is 0 Å². The number of aliphatic carboxylic acids is 1. The first-order chi connectivity index (χ1) is 18.8. The highest BCUT2D eigenvalue weighted by molar-refractivity contribution is 7.91. The highest BCUT2D eigenvalue weighted by Crippen LogP contribution is 2.49. The molecule has 3 aliphatic carbocycles. The summed E-state index contributed by atoms with van der Waals surface area (Å²) in [5.41, 5.74) is 3.94. The lowest BCUT2D eigenvalue weighted by Crippen LogP contribution is -2.57. The van der Waals surface area contributed by atoms with Gasteiger partial charge < -0.3 is 25.8 Å². The lowest BCUT2D eigenvalue weighted by Gasteiger charge is -2.49. The van der Waals surface area contributed by atoms with Crippen molar-refractivity contribution in [3.63, 3.8) is 0 Å². The molecule has 2 aromatic rings. The highest BCUT2D eigenvalue weighted by Gasteiger charge is 2.50. The normalized spacial score (nSPS) is 27.0. The molecule has 4 aliphatic rings. The first kappa shape index (κ1) is 28.0. The molecule has 0 aromatic heterocycles. The Balaban J connectivity index is 1.48. The Kier molecular flexibility index (Phi) is 7.07. The molecule has 3 fully saturated rings. The molecule has 2 bridgehead atoms. The number of amides is 2. The molecule has 4 N–H and O–H groups in total. The van der Waals surface area contributed by atoms with Crippen molar-refractivity contribution in [1.29, 1.82) is 0 Å². The van der Waals surface area contributed by atoms with Crippen LogP contribution in [0.2, 0.25) is 0 Å². The van der Waals surface area contributed by atoms with Crippen molar-refractivity contribution in [2.24, 2.45) is 5.73 Å². The van der Waals surface area contributed by atoms with Crippen molar-refractivity contribution in [1.82, 2.24) is 5.32 Å². The number of hydrogen-bond donors (Lipinski definition) is 3. The van der Waals surface area contributed by atoms with E-state index in [1.165, 1.54) is 12.1 Å². The molecule has 2 aromatic carbocycles. The number of nitrogens with two attached hydrogens (primary N) is 1. The van der Waals surface area contributed by atoms with E-state index < -0.39 is 73.5 Å². The van der Waals surface area contributed by atoms with E-state index in [2.05, 4.69) is 5.32 Å². The number of carboxylic acid groups (broad SMARTS) is 1. The third-order valence-corrected chi connectivity index (χ3v) is 9.86. The lowest BCUT2D eigenvalue weighted by molar-refractivity contribution is -0.139. The minimum absolute atomic E-state index is 0.163. The SMILES string of the molecule is N[C@H]1CS(=O)(=O)c2cc(F)c(C(=O)NC34CCC(F)(CC3)CC4)cc2N(Cc2ccc(OCC(=O)O)cc2)C1=O. The molecular formula is C27H29F2N3O7S. The van der Waals surface area contributed by atoms with Gasteiger partial charge in [-0.3, -0.25) is 9.59 Å². The van der Waals surface area contributed by atoms with Crippen molar-refractivity contribution >= 4 is 33.3 Å². The van der Waals surface area contributed by atoms with Crippen LogP contribution >= 0.6 is 0 Å². The van der Waals surface area contributed by atoms with Crippen molar-refractivity contribution in [3.8, 4) is 5.75 Å². The maximum absolute atomic E-state index is 15.3. The molecule has 1 heterocycles. The number of rotatable bonds is 7. The predicted octanol–water partition coefficient (Wildman–Crippen LogP) is 2.48. The first-order valence-electron chi connectivity index (χ1n) is 12.9. The average Bonchev–Trinajstić information content (AvgIpc) is 2.97. The summed E-state index contributed by atoms with van der Waals surface area (Å²) in [5, 5.41) is 11.6. The molecule has 3 saturated carbocycles. The highest BCUT2D eigenvalue weighted by atomic mass is 32.2. The van der Waals surface area contributed by atoms with Crippen molar-refractivity contribution in [2.45, 2.75) is 67.2 Å². The fourth-order valence-electron chi connectivity index (χ4n) is 5.71. The van der Waals surface area contributed by atoms with Gasteiger partial charge in [-0.25, -0.2) is 22.0 Å². The number of anilines is 1. The maximum atomic E-state index is 15.3. The van der Waals surface area contributed by atoms with Crippen molar-refractivity contribution in [2.75, 3.05) is 17.3 Å². The number of carbonyl (C=O) groups is 3. The molecule has 2 amide bonds. The third-order valence-electron chi connectivity index (χ3n) is 8.06. The van der Waals surface area contributed by atoms with Crippen LogP contribution in [0.1, 0.15) is 54.4 Å². The van der Waals surface area contributed by atoms with Gasteiger partial charge >= 0.3 is 5.97 Å². The second kappa shape index (κ2) is 10.1. The Bertz CT molecular complexity index is 1460. The molecule has 0 saturated heterocycles. The van der Waals surface area contributed by atoms with E-state index in [9.17, 15) is 27.2 Å². The zero-order valence-corrected chi connectivity index (χ0v) is 22.3. The summed E-state index contributed by atoms with van der Waals surface area (Å²) in [6.07, 6.45) is 2.17. The second-order valence-corrected chi connectivity index (χ2v) is 12.8. The predicted molar refractivity (Wildman–Crippen MR) is 139 cm³/mol. The van der Waals surface area contributed by atoms with Crippen LogP contribution in [0, 0.1) is 5.82 Å². The van der Waals surface area contributed by atoms with Crippen LogP contribution in [0.15, 0.2) is 41.3 Å². The van der Waals surface area contributed by atoms with Gasteiger partial charge in [-0.2, -0.15) is 0 Å². The van der Waals surface area contributed by atoms with Gasteiger partial charge in [0.25, 0.3) is 5.91 Å². The second-order valence-electron chi connectivity index (χ2n) is 10.8. The number of sulfone groups is 1. The number of nitrogens with one attached hydrogen (secondary N) is 1. The number of fused-ring (bicyclic) bond motifs is 4. The average molecular weight is 578 g/mol. The summed E-state index contributed by atoms with van der Waals surface area (Å²) in [6, 6.07) is 6.46. The van der Waals surface area contributed by atoms with Gasteiger partial charge in [0.15, 0.2) is 16.4 Å². The summed E-state index contributed by atoms with van der Waals surface area (Å²) in [6.45, 7) is -0.708. The molecule has 0 radical (unpaired) electrons. The number of carbonyl (C=O) groups excluding carboxylic acids is 2. The summed E-state index contributed by atoms with van der Waals surface area (Å²) in [5.74, 6) is -4.19. The van der Waals surface area contributed by atoms with E-state index in [0.717, 1.165) is 17.0 Å². The maximum Gasteiger partial charge on any atom is 0.341 e. The van der Waals surface area contributed by atoms with E-state index >= 15 is 4.39 Å². The van der Waals surface area contributed by atoms with Crippen LogP contribution < -0.4 is 20.7 Å². The Hall–Kier alpha value is -3.58. The lowest BCUT2D eigenvalue weighted by atomic mass is 9.64. The number of hydrogen-bond acceptors (Lipinski definition) is 7. The molecule has 40 heavy (non-hydrogen) atoms. The molecule has 214 valence electrons. The fourth-order valence-corrected chi connectivity index (χ4v) is 7.28. The van der Waals surface area contributed by atoms with Gasteiger partial charge in [-0.05, 0) is 68.4 Å². The van der Waals surface area contributed by atoms with E-state index in [1.54, 1.807) is 12.1 Å². The van der Waals surface area contributed by atoms with Crippen molar-refractivity contribution < 1.29 is 41.4 Å². The van der Waals surface area contributed by atoms with E-state index in [0.29, 0.717) is 44.1 Å². The van der Waals surface area contributed by atoms with Gasteiger partial charge in [0.2, 0.25) is 5.91 Å². The van der Waals surface area contributed by atoms with Crippen LogP contribution in [0.3, 0.4) is 0 Å². The van der Waals surface area contributed by atoms with Crippen LogP contribution in [0.25, 0.3) is 0 Å². The minimum atomic E-state index is -4.19. The molecule has 6 rings (SSSR count). The molecule has 0 unspecified atom stereocenters. The molecule has 0 spiro atoms. The molecule has 1 atom stereocenters. The van der Waals surface area contributed by atoms with E-state index in [4.69, 9.17) is 15.6 Å². The zero-order chi connectivity index (χ0) is 28.9. The Morgan fingerprint density at radius 3 is 2.33 bits per heavy atom. The molecule has 13 heteroatoms. The van der Waals surface area contributed by atoms with Gasteiger partial charge in [0.1, 0.15) is 17.2 Å².